The van der Waals surface area contributed by atoms with Crippen LogP contribution in [0.4, 0.5) is 4.79 Å². The van der Waals surface area contributed by atoms with Gasteiger partial charge in [-0.1, -0.05) is 0 Å². The third-order valence-corrected chi connectivity index (χ3v) is 1.40. The first-order chi connectivity index (χ1) is 5.24. The van der Waals surface area contributed by atoms with Gasteiger partial charge in [0, 0.05) is 6.54 Å². The molecular weight excluding hydrogens is 186 g/mol. The Morgan fingerprint density at radius 2 is 2.17 bits per heavy atom. The number of nitrogens with one attached hydrogen (secondary N) is 3. The van der Waals surface area contributed by atoms with Crippen LogP contribution in [0.2, 0.25) is 0 Å². The number of carbonyl (C=O) groups is 2. The maximum absolute atomic E-state index is 10.8. The zero-order chi connectivity index (χ0) is 8.27. The average molecular weight is 196 g/mol. The fourth-order valence-electron chi connectivity index (χ4n) is 0.871. The lowest BCUT2D eigenvalue weighted by molar-refractivity contribution is -0.120. The molecule has 12 heavy (non-hydrogen) atoms. The Morgan fingerprint density at radius 1 is 1.50 bits per heavy atom. The fraction of sp³-hybridized carbons (Fsp3) is 0.600. The van der Waals surface area contributed by atoms with Crippen molar-refractivity contribution in [3.8, 4) is 0 Å². The molecule has 0 saturated carbocycles. The minimum Gasteiger partial charge on any atom is -0.326 e. The molecule has 0 bridgehead atoms. The molecule has 3 amide bonds. The maximum Gasteiger partial charge on any atom is 0.322 e. The van der Waals surface area contributed by atoms with Gasteiger partial charge in [0.05, 0.1) is 0 Å². The number of urea groups is 1. The van der Waals surface area contributed by atoms with Gasteiger partial charge >= 0.3 is 6.03 Å². The standard InChI is InChI=1S/C5H9N3O3.ClH/c9-4-3(1-2-6-11)7-5(10)8-4;/h3,6,11H,1-2H2,(H2,7,8,9,10);1H. The van der Waals surface area contributed by atoms with E-state index in [4.69, 9.17) is 5.21 Å². The molecule has 1 unspecified atom stereocenters. The van der Waals surface area contributed by atoms with Crippen LogP contribution in [0.3, 0.4) is 0 Å². The van der Waals surface area contributed by atoms with Crippen LogP contribution in [0.25, 0.3) is 0 Å². The van der Waals surface area contributed by atoms with E-state index in [2.05, 4.69) is 10.6 Å². The number of rotatable bonds is 3. The summed E-state index contributed by atoms with van der Waals surface area (Å²) in [6.45, 7) is 0.276. The molecule has 4 N–H and O–H groups in total. The Kier molecular flexibility index (Phi) is 4.57. The Labute approximate surface area is 75.1 Å². The summed E-state index contributed by atoms with van der Waals surface area (Å²) in [6, 6.07) is -0.986. The first-order valence-electron chi connectivity index (χ1n) is 3.22. The predicted molar refractivity (Wildman–Crippen MR) is 42.1 cm³/mol. The lowest BCUT2D eigenvalue weighted by Gasteiger charge is -2.03. The van der Waals surface area contributed by atoms with Crippen LogP contribution in [0, 0.1) is 0 Å². The molecule has 0 aliphatic carbocycles. The van der Waals surface area contributed by atoms with E-state index in [1.54, 1.807) is 0 Å². The molecule has 0 aromatic heterocycles. The molecule has 1 aliphatic rings. The molecule has 1 rings (SSSR count). The molecule has 0 aromatic rings. The van der Waals surface area contributed by atoms with E-state index in [0.29, 0.717) is 6.42 Å². The van der Waals surface area contributed by atoms with Crippen LogP contribution < -0.4 is 16.1 Å². The maximum atomic E-state index is 10.8. The Hall–Kier alpha value is -0.850. The van der Waals surface area contributed by atoms with E-state index in [-0.39, 0.29) is 24.9 Å². The van der Waals surface area contributed by atoms with E-state index < -0.39 is 12.1 Å². The Balaban J connectivity index is 0.00000121. The normalized spacial score (nSPS) is 21.2. The second kappa shape index (κ2) is 4.91. The van der Waals surface area contributed by atoms with Gasteiger partial charge in [-0.25, -0.2) is 10.3 Å². The zero-order valence-electron chi connectivity index (χ0n) is 6.16. The number of amides is 3. The average Bonchev–Trinajstić information content (AvgIpc) is 2.26. The molecule has 7 heteroatoms. The van der Waals surface area contributed by atoms with E-state index in [9.17, 15) is 9.59 Å². The molecule has 1 heterocycles. The molecule has 1 fully saturated rings. The summed E-state index contributed by atoms with van der Waals surface area (Å²) in [5.41, 5.74) is 1.90. The molecule has 1 aliphatic heterocycles. The van der Waals surface area contributed by atoms with Crippen molar-refractivity contribution >= 4 is 24.3 Å². The van der Waals surface area contributed by atoms with E-state index in [1.165, 1.54) is 0 Å². The van der Waals surface area contributed by atoms with Crippen LogP contribution in [-0.2, 0) is 4.79 Å². The second-order valence-electron chi connectivity index (χ2n) is 2.21. The van der Waals surface area contributed by atoms with Crippen molar-refractivity contribution in [1.82, 2.24) is 16.1 Å². The number of halogens is 1. The highest BCUT2D eigenvalue weighted by Gasteiger charge is 2.28. The molecule has 6 nitrogen and oxygen atoms in total. The van der Waals surface area contributed by atoms with Crippen LogP contribution >= 0.6 is 12.4 Å². The summed E-state index contributed by atoms with van der Waals surface area (Å²) in [7, 11) is 0. The summed E-state index contributed by atoms with van der Waals surface area (Å²) < 4.78 is 0. The lowest BCUT2D eigenvalue weighted by atomic mass is 10.2. The van der Waals surface area contributed by atoms with Gasteiger partial charge in [-0.05, 0) is 6.42 Å². The monoisotopic (exact) mass is 195 g/mol. The predicted octanol–water partition coefficient (Wildman–Crippen LogP) is -1.01. The van der Waals surface area contributed by atoms with Crippen LogP contribution in [0.15, 0.2) is 0 Å². The second-order valence-corrected chi connectivity index (χ2v) is 2.21. The van der Waals surface area contributed by atoms with Gasteiger partial charge < -0.3 is 10.5 Å². The highest BCUT2D eigenvalue weighted by molar-refractivity contribution is 6.04. The van der Waals surface area contributed by atoms with Crippen molar-refractivity contribution in [3.63, 3.8) is 0 Å². The number of hydrogen-bond acceptors (Lipinski definition) is 4. The summed E-state index contributed by atoms with van der Waals surface area (Å²) in [5, 5.41) is 12.6. The molecular formula is C5H10ClN3O3. The number of hydroxylamine groups is 1. The zero-order valence-corrected chi connectivity index (χ0v) is 6.98. The van der Waals surface area contributed by atoms with Gasteiger partial charge in [0.25, 0.3) is 5.91 Å². The van der Waals surface area contributed by atoms with E-state index in [1.807, 2.05) is 5.48 Å². The van der Waals surface area contributed by atoms with Gasteiger partial charge in [0.1, 0.15) is 6.04 Å². The Bertz CT molecular complexity index is 187. The molecule has 1 saturated heterocycles. The molecule has 0 spiro atoms. The number of imide groups is 1. The molecule has 0 radical (unpaired) electrons. The quantitative estimate of drug-likeness (QED) is 0.343. The largest absolute Gasteiger partial charge is 0.326 e. The molecule has 70 valence electrons. The number of hydrogen-bond donors (Lipinski definition) is 4. The Morgan fingerprint density at radius 3 is 2.58 bits per heavy atom. The first-order valence-corrected chi connectivity index (χ1v) is 3.22. The van der Waals surface area contributed by atoms with Crippen molar-refractivity contribution in [3.05, 3.63) is 0 Å². The third-order valence-electron chi connectivity index (χ3n) is 1.40. The highest BCUT2D eigenvalue weighted by Crippen LogP contribution is 1.96. The van der Waals surface area contributed by atoms with Crippen LogP contribution in [0.1, 0.15) is 6.42 Å². The smallest absolute Gasteiger partial charge is 0.322 e. The van der Waals surface area contributed by atoms with Crippen LogP contribution in [0.5, 0.6) is 0 Å². The van der Waals surface area contributed by atoms with Gasteiger partial charge in [-0.2, -0.15) is 0 Å². The molecule has 0 aromatic carbocycles. The minimum absolute atomic E-state index is 0. The van der Waals surface area contributed by atoms with Crippen molar-refractivity contribution in [1.29, 1.82) is 0 Å². The minimum atomic E-state index is -0.512. The van der Waals surface area contributed by atoms with Gasteiger partial charge in [-0.3, -0.25) is 10.1 Å². The summed E-state index contributed by atoms with van der Waals surface area (Å²) in [6.07, 6.45) is 0.383. The third kappa shape index (κ3) is 2.65. The van der Waals surface area contributed by atoms with Crippen molar-refractivity contribution < 1.29 is 14.8 Å². The molecule has 1 atom stereocenters. The van der Waals surface area contributed by atoms with Gasteiger partial charge in [-0.15, -0.1) is 12.4 Å². The summed E-state index contributed by atoms with van der Waals surface area (Å²) in [4.78, 5) is 21.3. The SMILES string of the molecule is Cl.O=C1NC(=O)C(CCNO)N1. The van der Waals surface area contributed by atoms with Gasteiger partial charge in [0.2, 0.25) is 0 Å². The van der Waals surface area contributed by atoms with Gasteiger partial charge in [0.15, 0.2) is 0 Å². The summed E-state index contributed by atoms with van der Waals surface area (Å²) in [5.74, 6) is -0.342. The van der Waals surface area contributed by atoms with Crippen molar-refractivity contribution in [2.45, 2.75) is 12.5 Å². The number of carbonyl (C=O) groups excluding carboxylic acids is 2. The van der Waals surface area contributed by atoms with Crippen LogP contribution in [-0.4, -0.2) is 29.7 Å². The highest BCUT2D eigenvalue weighted by atomic mass is 35.5. The topological polar surface area (TPSA) is 90.5 Å². The van der Waals surface area contributed by atoms with E-state index >= 15 is 0 Å². The lowest BCUT2D eigenvalue weighted by Crippen LogP contribution is -2.31. The van der Waals surface area contributed by atoms with E-state index in [0.717, 1.165) is 0 Å². The first kappa shape index (κ1) is 11.2. The van der Waals surface area contributed by atoms with Crippen molar-refractivity contribution in [2.24, 2.45) is 0 Å². The fourth-order valence-corrected chi connectivity index (χ4v) is 0.871. The van der Waals surface area contributed by atoms with Crippen molar-refractivity contribution in [2.75, 3.05) is 6.54 Å². The summed E-state index contributed by atoms with van der Waals surface area (Å²) >= 11 is 0.